The van der Waals surface area contributed by atoms with Crippen molar-refractivity contribution in [3.8, 4) is 0 Å². The van der Waals surface area contributed by atoms with E-state index in [-0.39, 0.29) is 6.10 Å². The smallest absolute Gasteiger partial charge is 0.353 e. The van der Waals surface area contributed by atoms with E-state index in [1.165, 1.54) is 0 Å². The van der Waals surface area contributed by atoms with Gasteiger partial charge < -0.3 is 14.2 Å². The van der Waals surface area contributed by atoms with Crippen LogP contribution < -0.4 is 4.57 Å². The van der Waals surface area contributed by atoms with E-state index < -0.39 is 5.91 Å². The Morgan fingerprint density at radius 1 is 1.38 bits per heavy atom. The van der Waals surface area contributed by atoms with E-state index in [2.05, 4.69) is 10.2 Å². The molecule has 5 nitrogen and oxygen atoms in total. The molecule has 16 heavy (non-hydrogen) atoms. The first-order chi connectivity index (χ1) is 7.64. The molecular weight excluding hydrogens is 224 g/mol. The van der Waals surface area contributed by atoms with Gasteiger partial charge in [0.15, 0.2) is 6.10 Å². The number of imidazole rings is 1. The Kier molecular flexibility index (Phi) is 4.66. The van der Waals surface area contributed by atoms with Crippen LogP contribution in [0.4, 0.5) is 0 Å². The fourth-order valence-electron chi connectivity index (χ4n) is 1.72. The third kappa shape index (κ3) is 2.19. The number of hydrogen-bond donors (Lipinski definition) is 0. The molecule has 0 saturated carbocycles. The average Bonchev–Trinajstić information content (AvgIpc) is 2.73. The summed E-state index contributed by atoms with van der Waals surface area (Å²) in [6.07, 6.45) is 5.40. The van der Waals surface area contributed by atoms with Gasteiger partial charge in [0.2, 0.25) is 6.33 Å². The van der Waals surface area contributed by atoms with Crippen molar-refractivity contribution >= 4 is 10.2 Å². The van der Waals surface area contributed by atoms with Gasteiger partial charge in [-0.05, 0) is 6.04 Å². The van der Waals surface area contributed by atoms with E-state index in [0.717, 1.165) is 0 Å². The molecule has 1 aromatic heterocycles. The molecule has 0 aromatic carbocycles. The second-order valence-electron chi connectivity index (χ2n) is 3.45. The third-order valence-corrected chi connectivity index (χ3v) is 2.96. The molecule has 1 atom stereocenters. The fraction of sp³-hybridized carbons (Fsp3) is 0.700. The van der Waals surface area contributed by atoms with Crippen LogP contribution in [0, 0.1) is 0 Å². The lowest BCUT2D eigenvalue weighted by molar-refractivity contribution is -0.672. The number of aryl methyl sites for hydroxylation is 1. The Balaban J connectivity index is 3.13. The minimum Gasteiger partial charge on any atom is -0.371 e. The molecule has 0 saturated heterocycles. The first-order valence-corrected chi connectivity index (χ1v) is 5.66. The average molecular weight is 242 g/mol. The second kappa shape index (κ2) is 5.58. The fourth-order valence-corrected chi connectivity index (χ4v) is 2.14. The van der Waals surface area contributed by atoms with Crippen molar-refractivity contribution in [1.29, 1.82) is 0 Å². The van der Waals surface area contributed by atoms with Crippen molar-refractivity contribution in [2.45, 2.75) is 18.1 Å². The number of hydrogen-bond acceptors (Lipinski definition) is 3. The molecule has 1 rings (SSSR count). The summed E-state index contributed by atoms with van der Waals surface area (Å²) in [6.45, 7) is 0. The maximum Gasteiger partial charge on any atom is 0.353 e. The van der Waals surface area contributed by atoms with E-state index in [1.807, 2.05) is 34.9 Å². The highest BCUT2D eigenvalue weighted by Crippen LogP contribution is 2.26. The highest BCUT2D eigenvalue weighted by molar-refractivity contribution is 6.08. The van der Waals surface area contributed by atoms with Gasteiger partial charge in [0.05, 0.1) is 7.05 Å². The Morgan fingerprint density at radius 2 is 2.00 bits per heavy atom. The summed E-state index contributed by atoms with van der Waals surface area (Å²) in [7, 11) is 10.2. The van der Waals surface area contributed by atoms with Crippen LogP contribution in [-0.4, -0.2) is 42.2 Å². The van der Waals surface area contributed by atoms with Gasteiger partial charge in [0.1, 0.15) is 12.4 Å². The van der Waals surface area contributed by atoms with Gasteiger partial charge in [0, 0.05) is 31.6 Å². The molecule has 0 aliphatic heterocycles. The van der Waals surface area contributed by atoms with Crippen LogP contribution in [0.3, 0.4) is 0 Å². The van der Waals surface area contributed by atoms with Crippen molar-refractivity contribution in [3.63, 3.8) is 0 Å². The van der Waals surface area contributed by atoms with E-state index in [1.54, 1.807) is 21.3 Å². The zero-order valence-corrected chi connectivity index (χ0v) is 11.1. The number of methoxy groups -OCH3 is 3. The first kappa shape index (κ1) is 13.4. The van der Waals surface area contributed by atoms with Crippen LogP contribution in [0.2, 0.25) is 6.04 Å². The molecule has 89 valence electrons. The normalized spacial score (nSPS) is 14.1. The van der Waals surface area contributed by atoms with Gasteiger partial charge in [-0.25, -0.2) is 4.57 Å². The second-order valence-corrected chi connectivity index (χ2v) is 3.86. The Bertz CT molecular complexity index is 322. The topological polar surface area (TPSA) is 36.5 Å². The van der Waals surface area contributed by atoms with Gasteiger partial charge in [-0.1, -0.05) is 0 Å². The molecule has 0 aliphatic carbocycles. The number of aromatic nitrogens is 2. The van der Waals surface area contributed by atoms with Gasteiger partial charge in [-0.3, -0.25) is 0 Å². The maximum absolute atomic E-state index is 5.50. The molecule has 1 unspecified atom stereocenters. The molecule has 1 aromatic rings. The summed E-state index contributed by atoms with van der Waals surface area (Å²) in [6, 6.07) is 0.597. The Morgan fingerprint density at radius 3 is 2.31 bits per heavy atom. The van der Waals surface area contributed by atoms with Crippen molar-refractivity contribution in [2.75, 3.05) is 21.3 Å². The predicted octanol–water partition coefficient (Wildman–Crippen LogP) is -0.182. The zero-order valence-electron chi connectivity index (χ0n) is 10.1. The lowest BCUT2D eigenvalue weighted by atomic mass is 10.3. The number of nitrogens with zero attached hydrogens (tertiary/aromatic N) is 2. The molecular formula is C10H18N2O3Si+. The van der Waals surface area contributed by atoms with Crippen LogP contribution in [0.15, 0.2) is 18.7 Å². The summed E-state index contributed by atoms with van der Waals surface area (Å²) in [5, 5.41) is 0. The van der Waals surface area contributed by atoms with Crippen LogP contribution in [0.25, 0.3) is 0 Å². The quantitative estimate of drug-likeness (QED) is 0.394. The van der Waals surface area contributed by atoms with Crippen molar-refractivity contribution in [1.82, 2.24) is 4.57 Å². The Hall–Kier alpha value is -0.693. The summed E-state index contributed by atoms with van der Waals surface area (Å²) in [5.74, 6) is -0.961. The minimum absolute atomic E-state index is 0.258. The first-order valence-electron chi connectivity index (χ1n) is 4.96. The lowest BCUT2D eigenvalue weighted by Gasteiger charge is -2.32. The van der Waals surface area contributed by atoms with Crippen molar-refractivity contribution in [3.05, 3.63) is 18.7 Å². The van der Waals surface area contributed by atoms with E-state index in [4.69, 9.17) is 14.2 Å². The molecule has 3 radical (unpaired) electrons. The summed E-state index contributed by atoms with van der Waals surface area (Å²) in [4.78, 5) is 0. The molecule has 0 fully saturated rings. The molecule has 0 N–H and O–H groups in total. The molecule has 0 aliphatic rings. The highest BCUT2D eigenvalue weighted by Gasteiger charge is 2.46. The number of ether oxygens (including phenoxy) is 3. The van der Waals surface area contributed by atoms with E-state index in [9.17, 15) is 0 Å². The minimum atomic E-state index is -0.961. The third-order valence-electron chi connectivity index (χ3n) is 2.59. The summed E-state index contributed by atoms with van der Waals surface area (Å²) >= 11 is 0. The van der Waals surface area contributed by atoms with Crippen LogP contribution in [0.5, 0.6) is 0 Å². The standard InChI is InChI=1S/C10H18N2O3Si/c1-11-5-6-12(8-11)10(14-3,15-4)9(7-16)13-2/h5-6,8-9H,7H2,1-4H3/q+1. The van der Waals surface area contributed by atoms with Crippen molar-refractivity contribution in [2.24, 2.45) is 7.05 Å². The molecule has 1 heterocycles. The van der Waals surface area contributed by atoms with Crippen LogP contribution in [-0.2, 0) is 27.2 Å². The predicted molar refractivity (Wildman–Crippen MR) is 59.0 cm³/mol. The Labute approximate surface area is 99.3 Å². The van der Waals surface area contributed by atoms with Crippen LogP contribution >= 0.6 is 0 Å². The monoisotopic (exact) mass is 242 g/mol. The lowest BCUT2D eigenvalue weighted by Crippen LogP contribution is -2.49. The highest BCUT2D eigenvalue weighted by atomic mass is 28.1. The van der Waals surface area contributed by atoms with Crippen molar-refractivity contribution < 1.29 is 18.8 Å². The largest absolute Gasteiger partial charge is 0.371 e. The van der Waals surface area contributed by atoms with Gasteiger partial charge in [-0.2, -0.15) is 4.57 Å². The molecule has 6 heteroatoms. The zero-order chi connectivity index (χ0) is 12.2. The van der Waals surface area contributed by atoms with E-state index >= 15 is 0 Å². The number of rotatable bonds is 6. The molecule has 0 spiro atoms. The van der Waals surface area contributed by atoms with E-state index in [0.29, 0.717) is 6.04 Å². The summed E-state index contributed by atoms with van der Waals surface area (Å²) in [5.41, 5.74) is 0. The molecule has 0 bridgehead atoms. The van der Waals surface area contributed by atoms with Gasteiger partial charge in [0.25, 0.3) is 0 Å². The van der Waals surface area contributed by atoms with Crippen LogP contribution in [0.1, 0.15) is 0 Å². The summed E-state index contributed by atoms with van der Waals surface area (Å²) < 4.78 is 20.1. The maximum atomic E-state index is 5.50. The molecule has 0 amide bonds. The SMILES string of the molecule is COC(C[Si])C(OC)(OC)n1cc[n+](C)c1. The van der Waals surface area contributed by atoms with Gasteiger partial charge >= 0.3 is 5.91 Å². The van der Waals surface area contributed by atoms with Gasteiger partial charge in [-0.15, -0.1) is 0 Å².